The van der Waals surface area contributed by atoms with E-state index in [1.165, 1.54) is 4.90 Å². The van der Waals surface area contributed by atoms with E-state index in [0.717, 1.165) is 11.3 Å². The molecule has 0 aromatic heterocycles. The molecular formula is C27H26N2O4. The first-order valence-corrected chi connectivity index (χ1v) is 10.9. The van der Waals surface area contributed by atoms with E-state index < -0.39 is 11.8 Å². The van der Waals surface area contributed by atoms with E-state index in [1.807, 2.05) is 75.4 Å². The van der Waals surface area contributed by atoms with Crippen molar-refractivity contribution in [2.45, 2.75) is 20.8 Å². The number of nitrogens with one attached hydrogen (secondary N) is 1. The normalized spacial score (nSPS) is 13.5. The quantitative estimate of drug-likeness (QED) is 0.487. The van der Waals surface area contributed by atoms with Crippen LogP contribution in [0.15, 0.2) is 78.5 Å². The van der Waals surface area contributed by atoms with Gasteiger partial charge in [-0.1, -0.05) is 42.0 Å². The van der Waals surface area contributed by atoms with Gasteiger partial charge in [0.15, 0.2) is 0 Å². The Morgan fingerprint density at radius 1 is 0.788 bits per heavy atom. The SMILES string of the molecule is CCOc1ccc(NC2=C(c3ccc(C)cc3)C(=O)N(c3ccccc3OCC)C2=O)cc1. The summed E-state index contributed by atoms with van der Waals surface area (Å²) in [4.78, 5) is 28.4. The van der Waals surface area contributed by atoms with Crippen molar-refractivity contribution >= 4 is 28.8 Å². The standard InChI is InChI=1S/C27H26N2O4/c1-4-32-21-16-14-20(15-17-21)28-25-24(19-12-10-18(3)11-13-19)26(30)29(27(25)31)22-8-6-7-9-23(22)33-5-2/h6-17,28H,4-5H2,1-3H3. The van der Waals surface area contributed by atoms with Crippen LogP contribution >= 0.6 is 0 Å². The molecule has 0 bridgehead atoms. The maximum atomic E-state index is 13.6. The lowest BCUT2D eigenvalue weighted by molar-refractivity contribution is -0.120. The molecule has 3 aromatic rings. The lowest BCUT2D eigenvalue weighted by Crippen LogP contribution is -2.32. The fraction of sp³-hybridized carbons (Fsp3) is 0.185. The van der Waals surface area contributed by atoms with E-state index in [4.69, 9.17) is 9.47 Å². The van der Waals surface area contributed by atoms with Crippen LogP contribution in [0.1, 0.15) is 25.0 Å². The Bertz CT molecular complexity index is 1200. The lowest BCUT2D eigenvalue weighted by atomic mass is 10.0. The fourth-order valence-electron chi connectivity index (χ4n) is 3.72. The van der Waals surface area contributed by atoms with Crippen molar-refractivity contribution in [1.29, 1.82) is 0 Å². The third-order valence-corrected chi connectivity index (χ3v) is 5.26. The van der Waals surface area contributed by atoms with Gasteiger partial charge in [0.05, 0.1) is 24.5 Å². The van der Waals surface area contributed by atoms with Crippen LogP contribution < -0.4 is 19.7 Å². The first kappa shape index (κ1) is 22.1. The number of nitrogens with zero attached hydrogens (tertiary/aromatic N) is 1. The monoisotopic (exact) mass is 442 g/mol. The largest absolute Gasteiger partial charge is 0.494 e. The van der Waals surface area contributed by atoms with Gasteiger partial charge in [-0.15, -0.1) is 0 Å². The molecule has 0 saturated carbocycles. The molecular weight excluding hydrogens is 416 g/mol. The van der Waals surface area contributed by atoms with Crippen LogP contribution in [0.25, 0.3) is 5.57 Å². The fourth-order valence-corrected chi connectivity index (χ4v) is 3.72. The number of rotatable bonds is 8. The summed E-state index contributed by atoms with van der Waals surface area (Å²) in [5.74, 6) is 0.380. The molecule has 0 saturated heterocycles. The van der Waals surface area contributed by atoms with Gasteiger partial charge < -0.3 is 14.8 Å². The Labute approximate surface area is 193 Å². The maximum Gasteiger partial charge on any atom is 0.282 e. The zero-order chi connectivity index (χ0) is 23.4. The maximum absolute atomic E-state index is 13.6. The number of imide groups is 1. The number of amides is 2. The van der Waals surface area contributed by atoms with Crippen molar-refractivity contribution in [3.8, 4) is 11.5 Å². The molecule has 6 nitrogen and oxygen atoms in total. The Kier molecular flexibility index (Phi) is 6.45. The first-order valence-electron chi connectivity index (χ1n) is 10.9. The second kappa shape index (κ2) is 9.61. The van der Waals surface area contributed by atoms with Crippen LogP contribution in [0, 0.1) is 6.92 Å². The van der Waals surface area contributed by atoms with Gasteiger partial charge in [-0.3, -0.25) is 9.59 Å². The molecule has 0 fully saturated rings. The van der Waals surface area contributed by atoms with Crippen molar-refractivity contribution in [2.75, 3.05) is 23.4 Å². The number of aryl methyl sites for hydroxylation is 1. The van der Waals surface area contributed by atoms with Gasteiger partial charge in [0.1, 0.15) is 17.2 Å². The third kappa shape index (κ3) is 4.46. The molecule has 1 aliphatic rings. The number of carbonyl (C=O) groups is 2. The molecule has 2 amide bonds. The minimum absolute atomic E-state index is 0.222. The molecule has 0 spiro atoms. The lowest BCUT2D eigenvalue weighted by Gasteiger charge is -2.19. The minimum Gasteiger partial charge on any atom is -0.494 e. The highest BCUT2D eigenvalue weighted by molar-refractivity contribution is 6.46. The number of anilines is 2. The molecule has 3 aromatic carbocycles. The van der Waals surface area contributed by atoms with Gasteiger partial charge in [-0.05, 0) is 62.7 Å². The van der Waals surface area contributed by atoms with Crippen LogP contribution in [-0.4, -0.2) is 25.0 Å². The Morgan fingerprint density at radius 3 is 2.12 bits per heavy atom. The minimum atomic E-state index is -0.434. The number of carbonyl (C=O) groups excluding carboxylic acids is 2. The molecule has 168 valence electrons. The van der Waals surface area contributed by atoms with Gasteiger partial charge in [0, 0.05) is 5.69 Å². The predicted octanol–water partition coefficient (Wildman–Crippen LogP) is 5.19. The summed E-state index contributed by atoms with van der Waals surface area (Å²) in [6, 6.07) is 21.9. The highest BCUT2D eigenvalue weighted by atomic mass is 16.5. The number of hydrogen-bond donors (Lipinski definition) is 1. The second-order valence-electron chi connectivity index (χ2n) is 7.54. The number of ether oxygens (including phenoxy) is 2. The average molecular weight is 443 g/mol. The van der Waals surface area contributed by atoms with Gasteiger partial charge in [-0.2, -0.15) is 0 Å². The van der Waals surface area contributed by atoms with E-state index in [1.54, 1.807) is 18.2 Å². The summed E-state index contributed by atoms with van der Waals surface area (Å²) < 4.78 is 11.2. The molecule has 6 heteroatoms. The summed E-state index contributed by atoms with van der Waals surface area (Å²) in [5, 5.41) is 3.18. The van der Waals surface area contributed by atoms with Crippen molar-refractivity contribution in [3.05, 3.63) is 89.6 Å². The molecule has 0 aliphatic carbocycles. The Balaban J connectivity index is 1.77. The molecule has 4 rings (SSSR count). The summed E-state index contributed by atoms with van der Waals surface area (Å²) in [5.41, 5.74) is 3.38. The zero-order valence-corrected chi connectivity index (χ0v) is 18.9. The molecule has 33 heavy (non-hydrogen) atoms. The molecule has 1 aliphatic heterocycles. The van der Waals surface area contributed by atoms with Gasteiger partial charge >= 0.3 is 0 Å². The van der Waals surface area contributed by atoms with E-state index in [0.29, 0.717) is 41.5 Å². The molecule has 0 radical (unpaired) electrons. The van der Waals surface area contributed by atoms with Crippen LogP contribution in [0.5, 0.6) is 11.5 Å². The molecule has 0 unspecified atom stereocenters. The van der Waals surface area contributed by atoms with Gasteiger partial charge in [-0.25, -0.2) is 4.90 Å². The smallest absolute Gasteiger partial charge is 0.282 e. The highest BCUT2D eigenvalue weighted by Crippen LogP contribution is 2.38. The van der Waals surface area contributed by atoms with Gasteiger partial charge in [0.25, 0.3) is 11.8 Å². The topological polar surface area (TPSA) is 67.9 Å². The summed E-state index contributed by atoms with van der Waals surface area (Å²) in [7, 11) is 0. The van der Waals surface area contributed by atoms with E-state index in [9.17, 15) is 9.59 Å². The Morgan fingerprint density at radius 2 is 1.45 bits per heavy atom. The zero-order valence-electron chi connectivity index (χ0n) is 18.9. The van der Waals surface area contributed by atoms with Crippen LogP contribution in [-0.2, 0) is 9.59 Å². The van der Waals surface area contributed by atoms with Crippen LogP contribution in [0.4, 0.5) is 11.4 Å². The first-order chi connectivity index (χ1) is 16.0. The summed E-state index contributed by atoms with van der Waals surface area (Å²) in [6.45, 7) is 6.74. The van der Waals surface area contributed by atoms with Crippen molar-refractivity contribution in [1.82, 2.24) is 0 Å². The van der Waals surface area contributed by atoms with Crippen LogP contribution in [0.2, 0.25) is 0 Å². The predicted molar refractivity (Wildman–Crippen MR) is 129 cm³/mol. The van der Waals surface area contributed by atoms with Crippen LogP contribution in [0.3, 0.4) is 0 Å². The van der Waals surface area contributed by atoms with Crippen molar-refractivity contribution in [3.63, 3.8) is 0 Å². The summed E-state index contributed by atoms with van der Waals surface area (Å²) >= 11 is 0. The van der Waals surface area contributed by atoms with Crippen molar-refractivity contribution in [2.24, 2.45) is 0 Å². The number of para-hydroxylation sites is 2. The summed E-state index contributed by atoms with van der Waals surface area (Å²) in [6.07, 6.45) is 0. The Hall–Kier alpha value is -4.06. The molecule has 0 atom stereocenters. The van der Waals surface area contributed by atoms with E-state index >= 15 is 0 Å². The highest BCUT2D eigenvalue weighted by Gasteiger charge is 2.41. The van der Waals surface area contributed by atoms with Gasteiger partial charge in [0.2, 0.25) is 0 Å². The van der Waals surface area contributed by atoms with Crippen molar-refractivity contribution < 1.29 is 19.1 Å². The average Bonchev–Trinajstić information content (AvgIpc) is 3.06. The number of hydrogen-bond acceptors (Lipinski definition) is 5. The third-order valence-electron chi connectivity index (χ3n) is 5.26. The van der Waals surface area contributed by atoms with E-state index in [-0.39, 0.29) is 5.70 Å². The molecule has 1 N–H and O–H groups in total. The second-order valence-corrected chi connectivity index (χ2v) is 7.54. The number of benzene rings is 3. The van der Waals surface area contributed by atoms with E-state index in [2.05, 4.69) is 5.32 Å². The molecule has 1 heterocycles.